The third kappa shape index (κ3) is 4.65. The number of halogens is 2. The summed E-state index contributed by atoms with van der Waals surface area (Å²) in [7, 11) is -2.07. The first-order valence-electron chi connectivity index (χ1n) is 11.8. The Labute approximate surface area is 217 Å². The lowest BCUT2D eigenvalue weighted by Crippen LogP contribution is -2.40. The first-order valence-corrected chi connectivity index (χ1v) is 15.1. The molecule has 0 unspecified atom stereocenters. The fourth-order valence-electron chi connectivity index (χ4n) is 3.77. The molecule has 0 aliphatic carbocycles. The number of para-hydroxylation sites is 3. The molecule has 3 aromatic rings. The van der Waals surface area contributed by atoms with E-state index in [2.05, 4.69) is 38.8 Å². The Morgan fingerprint density at radius 1 is 1.03 bits per heavy atom. The van der Waals surface area contributed by atoms with E-state index in [0.29, 0.717) is 28.6 Å². The normalized spacial score (nSPS) is 15.2. The van der Waals surface area contributed by atoms with Crippen LogP contribution in [0.2, 0.25) is 23.3 Å². The number of aromatic nitrogens is 2. The predicted molar refractivity (Wildman–Crippen MR) is 142 cm³/mol. The average Bonchev–Trinajstić information content (AvgIpc) is 2.99. The molecule has 0 saturated carbocycles. The number of hydrogen-bond acceptors (Lipinski definition) is 5. The molecule has 1 aromatic heterocycles. The number of rotatable bonds is 6. The molecule has 0 N–H and O–H groups in total. The molecule has 6 nitrogen and oxygen atoms in total. The fourth-order valence-corrected chi connectivity index (χ4v) is 5.11. The monoisotopic (exact) mass is 527 g/mol. The van der Waals surface area contributed by atoms with Crippen molar-refractivity contribution in [3.8, 4) is 11.5 Å². The van der Waals surface area contributed by atoms with Crippen LogP contribution in [0.1, 0.15) is 46.0 Å². The van der Waals surface area contributed by atoms with Gasteiger partial charge in [0.1, 0.15) is 11.0 Å². The van der Waals surface area contributed by atoms with Crippen LogP contribution < -0.4 is 9.64 Å². The van der Waals surface area contributed by atoms with Crippen molar-refractivity contribution in [1.29, 1.82) is 0 Å². The zero-order valence-electron chi connectivity index (χ0n) is 21.6. The van der Waals surface area contributed by atoms with Crippen LogP contribution in [0, 0.1) is 5.82 Å². The molecule has 1 aliphatic heterocycles. The number of carbonyl (C=O) groups is 1. The molecular weight excluding hydrogens is 497 g/mol. The van der Waals surface area contributed by atoms with Crippen LogP contribution in [0.15, 0.2) is 48.5 Å². The van der Waals surface area contributed by atoms with E-state index < -0.39 is 19.5 Å². The van der Waals surface area contributed by atoms with Crippen molar-refractivity contribution in [1.82, 2.24) is 9.97 Å². The molecule has 0 bridgehead atoms. The van der Waals surface area contributed by atoms with Crippen molar-refractivity contribution >= 4 is 37.3 Å². The van der Waals surface area contributed by atoms with Gasteiger partial charge in [0.25, 0.3) is 0 Å². The van der Waals surface area contributed by atoms with Crippen molar-refractivity contribution in [2.45, 2.75) is 64.8 Å². The van der Waals surface area contributed by atoms with Crippen molar-refractivity contribution in [3.05, 3.63) is 70.9 Å². The van der Waals surface area contributed by atoms with Crippen LogP contribution in [-0.4, -0.2) is 24.2 Å². The molecule has 190 valence electrons. The lowest BCUT2D eigenvalue weighted by molar-refractivity contribution is -0.121. The number of fused-ring (bicyclic) bond motifs is 1. The maximum absolute atomic E-state index is 14.3. The second-order valence-electron chi connectivity index (χ2n) is 10.9. The second-order valence-corrected chi connectivity index (χ2v) is 16.1. The summed E-state index contributed by atoms with van der Waals surface area (Å²) in [4.78, 5) is 24.4. The number of anilines is 2. The van der Waals surface area contributed by atoms with E-state index in [9.17, 15) is 9.18 Å². The van der Waals surface area contributed by atoms with Gasteiger partial charge in [-0.3, -0.25) is 9.69 Å². The Kier molecular flexibility index (Phi) is 6.74. The summed E-state index contributed by atoms with van der Waals surface area (Å²) >= 11 is 6.65. The third-order valence-corrected chi connectivity index (χ3v) is 11.7. The highest BCUT2D eigenvalue weighted by molar-refractivity contribution is 6.74. The molecule has 4 rings (SSSR count). The van der Waals surface area contributed by atoms with Crippen LogP contribution >= 0.6 is 11.6 Å². The van der Waals surface area contributed by atoms with Crippen LogP contribution in [0.5, 0.6) is 11.5 Å². The molecule has 2 heterocycles. The summed E-state index contributed by atoms with van der Waals surface area (Å²) in [6.45, 7) is 14.5. The summed E-state index contributed by atoms with van der Waals surface area (Å²) in [5, 5.41) is 0.225. The lowest BCUT2D eigenvalue weighted by atomic mass is 9.88. The van der Waals surface area contributed by atoms with Gasteiger partial charge in [0.15, 0.2) is 31.5 Å². The number of carbonyl (C=O) groups excluding carboxylic acids is 1. The minimum absolute atomic E-state index is 0.0144. The maximum atomic E-state index is 14.3. The van der Waals surface area contributed by atoms with E-state index in [1.54, 1.807) is 50.2 Å². The van der Waals surface area contributed by atoms with Gasteiger partial charge >= 0.3 is 0 Å². The van der Waals surface area contributed by atoms with E-state index in [4.69, 9.17) is 25.7 Å². The van der Waals surface area contributed by atoms with Gasteiger partial charge in [0.05, 0.1) is 17.7 Å². The molecule has 2 aromatic carbocycles. The van der Waals surface area contributed by atoms with Gasteiger partial charge in [-0.25, -0.2) is 14.4 Å². The quantitative estimate of drug-likeness (QED) is 0.245. The zero-order chi connectivity index (χ0) is 26.5. The molecule has 1 amide bonds. The van der Waals surface area contributed by atoms with Gasteiger partial charge in [-0.05, 0) is 56.2 Å². The van der Waals surface area contributed by atoms with E-state index in [0.717, 1.165) is 0 Å². The minimum Gasteiger partial charge on any atom is -0.452 e. The first kappa shape index (κ1) is 26.3. The Bertz CT molecular complexity index is 1320. The molecule has 36 heavy (non-hydrogen) atoms. The summed E-state index contributed by atoms with van der Waals surface area (Å²) in [6.07, 6.45) is 0. The van der Waals surface area contributed by atoms with Gasteiger partial charge in [0.2, 0.25) is 5.91 Å². The van der Waals surface area contributed by atoms with Crippen molar-refractivity contribution in [2.75, 3.05) is 4.90 Å². The number of ether oxygens (including phenoxy) is 1. The van der Waals surface area contributed by atoms with Crippen molar-refractivity contribution in [3.63, 3.8) is 0 Å². The maximum Gasteiger partial charge on any atom is 0.243 e. The SMILES string of the molecule is CC1(C)C(=O)N(c2ccccc2Oc2ccccc2F)c2nc(CO[Si](C)(C)C(C)(C)C)nc(Cl)c21. The first-order chi connectivity index (χ1) is 16.7. The number of nitrogens with zero attached hydrogens (tertiary/aromatic N) is 3. The molecule has 0 fully saturated rings. The van der Waals surface area contributed by atoms with Gasteiger partial charge in [-0.1, -0.05) is 56.6 Å². The van der Waals surface area contributed by atoms with Crippen molar-refractivity contribution in [2.24, 2.45) is 0 Å². The van der Waals surface area contributed by atoms with Crippen LogP contribution in [0.25, 0.3) is 0 Å². The highest BCUT2D eigenvalue weighted by Crippen LogP contribution is 2.49. The second kappa shape index (κ2) is 9.25. The smallest absolute Gasteiger partial charge is 0.243 e. The Morgan fingerprint density at radius 3 is 2.28 bits per heavy atom. The van der Waals surface area contributed by atoms with Gasteiger partial charge in [-0.15, -0.1) is 0 Å². The molecule has 0 saturated heterocycles. The highest BCUT2D eigenvalue weighted by Gasteiger charge is 2.49. The summed E-state index contributed by atoms with van der Waals surface area (Å²) in [6, 6.07) is 13.1. The summed E-state index contributed by atoms with van der Waals surface area (Å²) in [5.74, 6) is 0.403. The number of amides is 1. The fraction of sp³-hybridized carbons (Fsp3) is 0.370. The summed E-state index contributed by atoms with van der Waals surface area (Å²) < 4.78 is 26.6. The zero-order valence-corrected chi connectivity index (χ0v) is 23.4. The van der Waals surface area contributed by atoms with Gasteiger partial charge in [-0.2, -0.15) is 0 Å². The topological polar surface area (TPSA) is 64.6 Å². The van der Waals surface area contributed by atoms with E-state index >= 15 is 0 Å². The van der Waals surface area contributed by atoms with Crippen LogP contribution in [0.3, 0.4) is 0 Å². The Morgan fingerprint density at radius 2 is 1.64 bits per heavy atom. The molecular formula is C27H31ClFN3O3Si. The standard InChI is InChI=1S/C27H31ClFN3O3Si/c1-26(2,3)36(6,7)34-16-21-30-23(28)22-24(31-21)32(25(33)27(22,4)5)18-13-9-11-15-20(18)35-19-14-10-8-12-17(19)29/h8-15H,16H2,1-7H3. The highest BCUT2D eigenvalue weighted by atomic mass is 35.5. The molecule has 1 aliphatic rings. The summed E-state index contributed by atoms with van der Waals surface area (Å²) in [5.41, 5.74) is -0.00868. The van der Waals surface area contributed by atoms with E-state index in [1.807, 2.05) is 0 Å². The van der Waals surface area contributed by atoms with Crippen LogP contribution in [-0.2, 0) is 21.2 Å². The Hall–Kier alpha value is -2.81. The van der Waals surface area contributed by atoms with E-state index in [-0.39, 0.29) is 28.5 Å². The van der Waals surface area contributed by atoms with Crippen LogP contribution in [0.4, 0.5) is 15.9 Å². The Balaban J connectivity index is 1.78. The molecule has 0 radical (unpaired) electrons. The largest absolute Gasteiger partial charge is 0.452 e. The third-order valence-electron chi connectivity index (χ3n) is 7.00. The molecule has 0 atom stereocenters. The lowest BCUT2D eigenvalue weighted by Gasteiger charge is -2.35. The van der Waals surface area contributed by atoms with Crippen molar-refractivity contribution < 1.29 is 18.3 Å². The van der Waals surface area contributed by atoms with Gasteiger partial charge < -0.3 is 9.16 Å². The predicted octanol–water partition coefficient (Wildman–Crippen LogP) is 7.54. The minimum atomic E-state index is -2.07. The average molecular weight is 528 g/mol. The van der Waals surface area contributed by atoms with E-state index in [1.165, 1.54) is 17.0 Å². The number of hydrogen-bond donors (Lipinski definition) is 0. The number of benzene rings is 2. The molecule has 0 spiro atoms. The molecule has 9 heteroatoms. The van der Waals surface area contributed by atoms with Gasteiger partial charge in [0, 0.05) is 5.56 Å².